The molecule has 3 aromatic rings. The topological polar surface area (TPSA) is 34.4 Å². The van der Waals surface area contributed by atoms with Gasteiger partial charge < -0.3 is 4.57 Å². The van der Waals surface area contributed by atoms with E-state index in [-0.39, 0.29) is 12.3 Å². The van der Waals surface area contributed by atoms with Gasteiger partial charge in [0.1, 0.15) is 5.82 Å². The Kier molecular flexibility index (Phi) is 6.21. The second-order valence-corrected chi connectivity index (χ2v) is 7.87. The summed E-state index contributed by atoms with van der Waals surface area (Å²) < 4.78 is 29.8. The minimum Gasteiger partial charge on any atom is -0.314 e. The Balaban J connectivity index is 1.82. The van der Waals surface area contributed by atoms with Crippen LogP contribution in [0.15, 0.2) is 52.4 Å². The number of thiazole rings is 1. The Morgan fingerprint density at radius 3 is 2.73 bits per heavy atom. The molecule has 0 bridgehead atoms. The van der Waals surface area contributed by atoms with Crippen molar-refractivity contribution in [2.24, 2.45) is 4.99 Å². The number of hydrogen-bond acceptors (Lipinski definition) is 3. The number of aryl methyl sites for hydroxylation is 1. The Morgan fingerprint density at radius 1 is 1.23 bits per heavy atom. The summed E-state index contributed by atoms with van der Waals surface area (Å²) in [6.45, 7) is 2.48. The molecular formula is C19H18F2N2OS2. The molecule has 1 heterocycles. The van der Waals surface area contributed by atoms with Crippen LogP contribution in [0, 0.1) is 11.6 Å². The van der Waals surface area contributed by atoms with Gasteiger partial charge in [0.2, 0.25) is 5.91 Å². The van der Waals surface area contributed by atoms with Crippen molar-refractivity contribution >= 4 is 39.2 Å². The molecule has 0 atom stereocenters. The third-order valence-electron chi connectivity index (χ3n) is 3.69. The van der Waals surface area contributed by atoms with Crippen molar-refractivity contribution in [3.05, 3.63) is 58.9 Å². The molecule has 0 aliphatic carbocycles. The molecule has 1 aromatic heterocycles. The fourth-order valence-electron chi connectivity index (χ4n) is 2.58. The first-order chi connectivity index (χ1) is 12.6. The molecule has 3 rings (SSSR count). The van der Waals surface area contributed by atoms with E-state index in [1.165, 1.54) is 6.07 Å². The molecule has 0 saturated carbocycles. The fraction of sp³-hybridized carbons (Fsp3) is 0.263. The van der Waals surface area contributed by atoms with E-state index in [4.69, 9.17) is 0 Å². The van der Waals surface area contributed by atoms with Crippen molar-refractivity contribution in [3.63, 3.8) is 0 Å². The van der Waals surface area contributed by atoms with Crippen molar-refractivity contribution in [2.45, 2.75) is 31.2 Å². The molecule has 0 aliphatic heterocycles. The Hall–Kier alpha value is -1.99. The highest BCUT2D eigenvalue weighted by molar-refractivity contribution is 7.99. The number of fused-ring (bicyclic) bond motifs is 1. The van der Waals surface area contributed by atoms with Crippen LogP contribution < -0.4 is 4.80 Å². The highest BCUT2D eigenvalue weighted by Crippen LogP contribution is 2.23. The summed E-state index contributed by atoms with van der Waals surface area (Å²) in [5.41, 5.74) is 0.309. The zero-order valence-electron chi connectivity index (χ0n) is 14.2. The van der Waals surface area contributed by atoms with Crippen molar-refractivity contribution < 1.29 is 13.6 Å². The van der Waals surface area contributed by atoms with E-state index in [1.807, 2.05) is 37.3 Å². The largest absolute Gasteiger partial charge is 0.314 e. The second-order valence-electron chi connectivity index (χ2n) is 5.69. The molecule has 1 amide bonds. The maximum Gasteiger partial charge on any atom is 0.249 e. The van der Waals surface area contributed by atoms with E-state index in [9.17, 15) is 13.6 Å². The molecule has 0 radical (unpaired) electrons. The van der Waals surface area contributed by atoms with Gasteiger partial charge in [0.15, 0.2) is 10.6 Å². The molecule has 3 nitrogen and oxygen atoms in total. The minimum atomic E-state index is -0.628. The van der Waals surface area contributed by atoms with Gasteiger partial charge in [-0.15, -0.1) is 11.8 Å². The Morgan fingerprint density at radius 2 is 2.00 bits per heavy atom. The monoisotopic (exact) mass is 392 g/mol. The van der Waals surface area contributed by atoms with Crippen LogP contribution in [0.25, 0.3) is 10.2 Å². The predicted octanol–water partition coefficient (Wildman–Crippen LogP) is 5.00. The molecule has 0 aliphatic rings. The lowest BCUT2D eigenvalue weighted by molar-refractivity contribution is -0.117. The van der Waals surface area contributed by atoms with Gasteiger partial charge in [-0.2, -0.15) is 4.99 Å². The second kappa shape index (κ2) is 8.60. The van der Waals surface area contributed by atoms with E-state index in [0.29, 0.717) is 27.3 Å². The van der Waals surface area contributed by atoms with Crippen LogP contribution in [0.3, 0.4) is 0 Å². The quantitative estimate of drug-likeness (QED) is 0.553. The molecule has 136 valence electrons. The third kappa shape index (κ3) is 4.40. The number of halogens is 2. The third-order valence-corrected chi connectivity index (χ3v) is 5.73. The maximum absolute atomic E-state index is 14.2. The summed E-state index contributed by atoms with van der Waals surface area (Å²) in [6, 6.07) is 12.0. The highest BCUT2D eigenvalue weighted by Gasteiger charge is 2.13. The van der Waals surface area contributed by atoms with Crippen molar-refractivity contribution in [2.75, 3.05) is 5.75 Å². The Bertz CT molecular complexity index is 980. The van der Waals surface area contributed by atoms with Crippen LogP contribution in [0.4, 0.5) is 8.78 Å². The molecule has 0 fully saturated rings. The van der Waals surface area contributed by atoms with E-state index >= 15 is 0 Å². The maximum atomic E-state index is 14.2. The van der Waals surface area contributed by atoms with Crippen LogP contribution >= 0.6 is 23.1 Å². The van der Waals surface area contributed by atoms with Crippen LogP contribution in [0.1, 0.15) is 19.8 Å². The summed E-state index contributed by atoms with van der Waals surface area (Å²) in [5.74, 6) is -0.894. The highest BCUT2D eigenvalue weighted by atomic mass is 32.2. The fourth-order valence-corrected chi connectivity index (χ4v) is 4.56. The number of amides is 1. The predicted molar refractivity (Wildman–Crippen MR) is 102 cm³/mol. The molecule has 0 spiro atoms. The lowest BCUT2D eigenvalue weighted by Gasteiger charge is -2.03. The molecule has 0 unspecified atom stereocenters. The van der Waals surface area contributed by atoms with E-state index < -0.39 is 11.6 Å². The molecule has 7 heteroatoms. The number of rotatable bonds is 6. The van der Waals surface area contributed by atoms with E-state index in [1.54, 1.807) is 16.3 Å². The van der Waals surface area contributed by atoms with Crippen LogP contribution in [-0.2, 0) is 11.3 Å². The van der Waals surface area contributed by atoms with E-state index in [0.717, 1.165) is 28.7 Å². The van der Waals surface area contributed by atoms with Crippen molar-refractivity contribution in [3.8, 4) is 0 Å². The van der Waals surface area contributed by atoms with Gasteiger partial charge in [-0.05, 0) is 24.6 Å². The minimum absolute atomic E-state index is 0.259. The van der Waals surface area contributed by atoms with Crippen LogP contribution in [-0.4, -0.2) is 16.2 Å². The number of nitrogens with zero attached hydrogens (tertiary/aromatic N) is 2. The summed E-state index contributed by atoms with van der Waals surface area (Å²) in [5, 5.41) is 0. The average Bonchev–Trinajstić information content (AvgIpc) is 2.93. The normalized spacial score (nSPS) is 12.0. The van der Waals surface area contributed by atoms with Crippen LogP contribution in [0.2, 0.25) is 0 Å². The molecule has 0 N–H and O–H groups in total. The van der Waals surface area contributed by atoms with Gasteiger partial charge in [0, 0.05) is 29.7 Å². The van der Waals surface area contributed by atoms with Gasteiger partial charge in [-0.3, -0.25) is 4.79 Å². The summed E-state index contributed by atoms with van der Waals surface area (Å²) in [6.07, 6.45) is 1.05. The summed E-state index contributed by atoms with van der Waals surface area (Å²) >= 11 is 2.73. The van der Waals surface area contributed by atoms with Gasteiger partial charge >= 0.3 is 0 Å². The van der Waals surface area contributed by atoms with Crippen molar-refractivity contribution in [1.82, 2.24) is 4.57 Å². The smallest absolute Gasteiger partial charge is 0.249 e. The number of benzene rings is 2. The Labute approximate surface area is 158 Å². The first-order valence-corrected chi connectivity index (χ1v) is 10.1. The number of aromatic nitrogens is 1. The number of hydrogen-bond donors (Lipinski definition) is 0. The molecule has 2 aromatic carbocycles. The van der Waals surface area contributed by atoms with Gasteiger partial charge in [-0.25, -0.2) is 8.78 Å². The standard InChI is InChI=1S/C19H18F2N2OS2/c1-2-9-23-18-15(21)11-13(20)12-16(18)26-19(23)22-17(24)8-10-25-14-6-4-3-5-7-14/h3-7,11-12H,2,8-10H2,1H3. The molecular weight excluding hydrogens is 374 g/mol. The molecule has 0 saturated heterocycles. The molecule has 26 heavy (non-hydrogen) atoms. The summed E-state index contributed by atoms with van der Waals surface area (Å²) in [4.78, 5) is 17.9. The van der Waals surface area contributed by atoms with Gasteiger partial charge in [-0.1, -0.05) is 36.5 Å². The zero-order chi connectivity index (χ0) is 18.5. The summed E-state index contributed by atoms with van der Waals surface area (Å²) in [7, 11) is 0. The average molecular weight is 392 g/mol. The van der Waals surface area contributed by atoms with Crippen molar-refractivity contribution in [1.29, 1.82) is 0 Å². The lowest BCUT2D eigenvalue weighted by Crippen LogP contribution is -2.17. The van der Waals surface area contributed by atoms with Crippen LogP contribution in [0.5, 0.6) is 0 Å². The first-order valence-electron chi connectivity index (χ1n) is 8.32. The number of carbonyl (C=O) groups excluding carboxylic acids is 1. The first kappa shape index (κ1) is 18.8. The van der Waals surface area contributed by atoms with E-state index in [2.05, 4.69) is 4.99 Å². The number of thioether (sulfide) groups is 1. The number of carbonyl (C=O) groups is 1. The zero-order valence-corrected chi connectivity index (χ0v) is 15.9. The van der Waals surface area contributed by atoms with Gasteiger partial charge in [0.25, 0.3) is 0 Å². The SMILES string of the molecule is CCCn1c(=NC(=O)CCSc2ccccc2)sc2cc(F)cc(F)c21. The van der Waals surface area contributed by atoms with Gasteiger partial charge in [0.05, 0.1) is 10.2 Å². The lowest BCUT2D eigenvalue weighted by atomic mass is 10.3.